The highest BCUT2D eigenvalue weighted by Gasteiger charge is 2.19. The highest BCUT2D eigenvalue weighted by atomic mass is 32.1. The minimum Gasteiger partial charge on any atom is -0.333 e. The molecule has 2 heterocycles. The summed E-state index contributed by atoms with van der Waals surface area (Å²) in [6, 6.07) is 0. The zero-order valence-electron chi connectivity index (χ0n) is 7.50. The maximum Gasteiger partial charge on any atom is 0.197 e. The van der Waals surface area contributed by atoms with Crippen molar-refractivity contribution in [3.05, 3.63) is 21.7 Å². The van der Waals surface area contributed by atoms with Gasteiger partial charge in [0.1, 0.15) is 0 Å². The molecule has 0 bridgehead atoms. The van der Waals surface area contributed by atoms with E-state index in [1.165, 1.54) is 11.3 Å². The van der Waals surface area contributed by atoms with Crippen molar-refractivity contribution in [2.45, 2.75) is 19.6 Å². The van der Waals surface area contributed by atoms with Gasteiger partial charge in [0.25, 0.3) is 0 Å². The van der Waals surface area contributed by atoms with Crippen molar-refractivity contribution in [3.63, 3.8) is 0 Å². The van der Waals surface area contributed by atoms with Crippen LogP contribution in [0.5, 0.6) is 0 Å². The van der Waals surface area contributed by atoms with E-state index in [1.54, 1.807) is 0 Å². The predicted octanol–water partition coefficient (Wildman–Crippen LogP) is 0.543. The van der Waals surface area contributed by atoms with Crippen LogP contribution in [0.4, 0.5) is 0 Å². The molecule has 0 saturated carbocycles. The van der Waals surface area contributed by atoms with Gasteiger partial charge < -0.3 is 10.7 Å². The third-order valence-corrected chi connectivity index (χ3v) is 2.45. The lowest BCUT2D eigenvalue weighted by Crippen LogP contribution is -2.09. The van der Waals surface area contributed by atoms with E-state index >= 15 is 0 Å². The fourth-order valence-corrected chi connectivity index (χ4v) is 1.92. The summed E-state index contributed by atoms with van der Waals surface area (Å²) >= 11 is 5.00. The van der Waals surface area contributed by atoms with Crippen LogP contribution in [0.25, 0.3) is 0 Å². The Morgan fingerprint density at radius 2 is 2.38 bits per heavy atom. The standard InChI is InChI=1S/C8H12N4S/c1-12-3-5-6(2-9)10-8(13)11-7(5)4-12/h2-4,9H2,1H3,(H,10,11,13). The van der Waals surface area contributed by atoms with Crippen LogP contribution in [0.2, 0.25) is 0 Å². The van der Waals surface area contributed by atoms with Gasteiger partial charge in [0.05, 0.1) is 5.69 Å². The second-order valence-corrected chi connectivity index (χ2v) is 3.71. The van der Waals surface area contributed by atoms with E-state index in [4.69, 9.17) is 18.0 Å². The molecule has 0 saturated heterocycles. The highest BCUT2D eigenvalue weighted by Crippen LogP contribution is 2.21. The molecule has 4 nitrogen and oxygen atoms in total. The molecule has 0 aromatic carbocycles. The molecule has 13 heavy (non-hydrogen) atoms. The second-order valence-electron chi connectivity index (χ2n) is 3.32. The molecular formula is C8H12N4S. The first-order chi connectivity index (χ1) is 6.20. The van der Waals surface area contributed by atoms with Crippen LogP contribution in [-0.4, -0.2) is 21.9 Å². The topological polar surface area (TPSA) is 57.9 Å². The van der Waals surface area contributed by atoms with Gasteiger partial charge in [-0.3, -0.25) is 4.90 Å². The minimum atomic E-state index is 0.467. The Hall–Kier alpha value is -0.780. The van der Waals surface area contributed by atoms with Gasteiger partial charge in [-0.15, -0.1) is 0 Å². The lowest BCUT2D eigenvalue weighted by molar-refractivity contribution is 0.350. The number of aromatic amines is 1. The van der Waals surface area contributed by atoms with E-state index in [9.17, 15) is 0 Å². The first-order valence-electron chi connectivity index (χ1n) is 4.20. The summed E-state index contributed by atoms with van der Waals surface area (Å²) in [4.78, 5) is 9.51. The molecule has 1 aromatic heterocycles. The summed E-state index contributed by atoms with van der Waals surface area (Å²) in [7, 11) is 2.07. The molecule has 1 aromatic rings. The Morgan fingerprint density at radius 1 is 1.62 bits per heavy atom. The number of rotatable bonds is 1. The molecule has 0 aliphatic carbocycles. The van der Waals surface area contributed by atoms with Crippen LogP contribution < -0.4 is 5.73 Å². The smallest absolute Gasteiger partial charge is 0.197 e. The summed E-state index contributed by atoms with van der Waals surface area (Å²) in [5.41, 5.74) is 8.92. The van der Waals surface area contributed by atoms with Gasteiger partial charge in [0, 0.05) is 30.9 Å². The molecule has 0 radical (unpaired) electrons. The lowest BCUT2D eigenvalue weighted by atomic mass is 10.2. The van der Waals surface area contributed by atoms with Gasteiger partial charge in [0.2, 0.25) is 0 Å². The third kappa shape index (κ3) is 1.50. The average molecular weight is 196 g/mol. The Kier molecular flexibility index (Phi) is 2.15. The fraction of sp³-hybridized carbons (Fsp3) is 0.500. The van der Waals surface area contributed by atoms with E-state index in [2.05, 4.69) is 21.9 Å². The van der Waals surface area contributed by atoms with E-state index in [-0.39, 0.29) is 0 Å². The van der Waals surface area contributed by atoms with Crippen molar-refractivity contribution in [1.82, 2.24) is 14.9 Å². The Labute approximate surface area is 81.8 Å². The number of hydrogen-bond acceptors (Lipinski definition) is 4. The highest BCUT2D eigenvalue weighted by molar-refractivity contribution is 7.71. The van der Waals surface area contributed by atoms with Gasteiger partial charge in [-0.2, -0.15) is 0 Å². The summed E-state index contributed by atoms with van der Waals surface area (Å²) in [6.07, 6.45) is 0. The molecule has 1 aliphatic heterocycles. The van der Waals surface area contributed by atoms with E-state index in [1.807, 2.05) is 0 Å². The average Bonchev–Trinajstić information content (AvgIpc) is 2.43. The predicted molar refractivity (Wildman–Crippen MR) is 52.5 cm³/mol. The molecule has 0 spiro atoms. The van der Waals surface area contributed by atoms with E-state index in [0.717, 1.165) is 18.8 Å². The molecule has 5 heteroatoms. The van der Waals surface area contributed by atoms with Crippen LogP contribution in [0.1, 0.15) is 17.0 Å². The summed E-state index contributed by atoms with van der Waals surface area (Å²) in [5, 5.41) is 0. The maximum absolute atomic E-state index is 5.60. The van der Waals surface area contributed by atoms with Gasteiger partial charge in [-0.25, -0.2) is 4.98 Å². The number of nitrogens with zero attached hydrogens (tertiary/aromatic N) is 2. The molecule has 2 rings (SSSR count). The van der Waals surface area contributed by atoms with Crippen LogP contribution in [-0.2, 0) is 19.6 Å². The van der Waals surface area contributed by atoms with Crippen LogP contribution in [0.15, 0.2) is 0 Å². The summed E-state index contributed by atoms with van der Waals surface area (Å²) in [5.74, 6) is 0. The molecule has 0 atom stereocenters. The van der Waals surface area contributed by atoms with Crippen molar-refractivity contribution in [2.24, 2.45) is 5.73 Å². The molecule has 3 N–H and O–H groups in total. The number of nitrogens with two attached hydrogens (primary N) is 1. The van der Waals surface area contributed by atoms with Crippen molar-refractivity contribution >= 4 is 12.2 Å². The fourth-order valence-electron chi connectivity index (χ4n) is 1.68. The van der Waals surface area contributed by atoms with E-state index in [0.29, 0.717) is 11.3 Å². The van der Waals surface area contributed by atoms with Gasteiger partial charge in [-0.1, -0.05) is 0 Å². The molecule has 0 fully saturated rings. The number of H-pyrrole nitrogens is 1. The van der Waals surface area contributed by atoms with Gasteiger partial charge in [0.15, 0.2) is 4.77 Å². The first-order valence-corrected chi connectivity index (χ1v) is 4.61. The van der Waals surface area contributed by atoms with E-state index < -0.39 is 0 Å². The SMILES string of the molecule is CN1Cc2[nH]c(=S)nc(CN)c2C1. The second kappa shape index (κ2) is 3.17. The van der Waals surface area contributed by atoms with Crippen LogP contribution in [0.3, 0.4) is 0 Å². The van der Waals surface area contributed by atoms with Crippen molar-refractivity contribution < 1.29 is 0 Å². The number of fused-ring (bicyclic) bond motifs is 1. The zero-order chi connectivity index (χ0) is 9.42. The summed E-state index contributed by atoms with van der Waals surface area (Å²) < 4.78 is 0.537. The van der Waals surface area contributed by atoms with Crippen molar-refractivity contribution in [3.8, 4) is 0 Å². The molecule has 70 valence electrons. The summed E-state index contributed by atoms with van der Waals surface area (Å²) in [6.45, 7) is 2.30. The number of aromatic nitrogens is 2. The van der Waals surface area contributed by atoms with Crippen LogP contribution >= 0.6 is 12.2 Å². The largest absolute Gasteiger partial charge is 0.333 e. The van der Waals surface area contributed by atoms with Crippen molar-refractivity contribution in [1.29, 1.82) is 0 Å². The minimum absolute atomic E-state index is 0.467. The van der Waals surface area contributed by atoms with Gasteiger partial charge in [-0.05, 0) is 19.3 Å². The number of hydrogen-bond donors (Lipinski definition) is 2. The van der Waals surface area contributed by atoms with Crippen LogP contribution in [0, 0.1) is 4.77 Å². The lowest BCUT2D eigenvalue weighted by Gasteiger charge is -2.04. The Balaban J connectivity index is 2.56. The van der Waals surface area contributed by atoms with Crippen molar-refractivity contribution in [2.75, 3.05) is 7.05 Å². The molecule has 0 amide bonds. The molecule has 0 unspecified atom stereocenters. The van der Waals surface area contributed by atoms with Gasteiger partial charge >= 0.3 is 0 Å². The first kappa shape index (κ1) is 8.80. The third-order valence-electron chi connectivity index (χ3n) is 2.26. The molecule has 1 aliphatic rings. The zero-order valence-corrected chi connectivity index (χ0v) is 8.32. The quantitative estimate of drug-likeness (QED) is 0.644. The molecular weight excluding hydrogens is 184 g/mol. The normalized spacial score (nSPS) is 16.2. The number of nitrogens with one attached hydrogen (secondary N) is 1. The Morgan fingerprint density at radius 3 is 3.08 bits per heavy atom. The Bertz CT molecular complexity index is 384. The maximum atomic E-state index is 5.60. The monoisotopic (exact) mass is 196 g/mol.